The first-order chi connectivity index (χ1) is 33.3. The van der Waals surface area contributed by atoms with Crippen LogP contribution in [0.3, 0.4) is 0 Å². The summed E-state index contributed by atoms with van der Waals surface area (Å²) in [6, 6.07) is 18.0. The smallest absolute Gasteiger partial charge is 0.330 e. The number of nitrogens with zero attached hydrogens (tertiary/aromatic N) is 6. The number of para-hydroxylation sites is 1. The van der Waals surface area contributed by atoms with Gasteiger partial charge in [-0.3, -0.25) is 29.0 Å². The number of pyridine rings is 1. The molecule has 3 aliphatic rings. The van der Waals surface area contributed by atoms with E-state index < -0.39 is 19.1 Å². The number of anilines is 5. The molecule has 1 aliphatic carbocycles. The number of rotatable bonds is 19. The van der Waals surface area contributed by atoms with E-state index in [1.165, 1.54) is 11.3 Å². The van der Waals surface area contributed by atoms with E-state index in [1.54, 1.807) is 24.1 Å². The van der Waals surface area contributed by atoms with Gasteiger partial charge >= 0.3 is 5.69 Å². The molecule has 3 aromatic heterocycles. The molecular weight excluding hydrogens is 958 g/mol. The number of carbonyl (C=O) groups excluding carboxylic acids is 2. The third-order valence-corrected chi connectivity index (χ3v) is 15.6. The Labute approximate surface area is 411 Å². The second-order valence-corrected chi connectivity index (χ2v) is 22.7. The lowest BCUT2D eigenvalue weighted by atomic mass is 10.0. The number of amides is 2. The fraction of sp³-hybridized carbons (Fsp3) is 0.451. The van der Waals surface area contributed by atoms with Crippen LogP contribution in [0.1, 0.15) is 88.2 Å². The molecule has 0 spiro atoms. The van der Waals surface area contributed by atoms with Crippen molar-refractivity contribution in [1.29, 1.82) is 0 Å². The molecule has 3 fully saturated rings. The zero-order chi connectivity index (χ0) is 48.4. The maximum atomic E-state index is 13.8. The molecular formula is C51H63BrN11O5P. The van der Waals surface area contributed by atoms with Crippen LogP contribution in [0.15, 0.2) is 70.1 Å². The van der Waals surface area contributed by atoms with Gasteiger partial charge in [-0.25, -0.2) is 9.78 Å². The van der Waals surface area contributed by atoms with Crippen molar-refractivity contribution >= 4 is 91.0 Å². The summed E-state index contributed by atoms with van der Waals surface area (Å²) in [5.74, 6) is 0.963. The molecule has 6 aromatic rings. The van der Waals surface area contributed by atoms with Crippen molar-refractivity contribution in [2.45, 2.75) is 96.7 Å². The molecule has 69 heavy (non-hydrogen) atoms. The Kier molecular flexibility index (Phi) is 14.6. The second-order valence-electron chi connectivity index (χ2n) is 18.7. The molecule has 16 nitrogen and oxygen atoms in total. The molecule has 2 aliphatic heterocycles. The number of hydrogen-bond donors (Lipinski definition) is 5. The molecule has 0 radical (unpaired) electrons. The van der Waals surface area contributed by atoms with Crippen molar-refractivity contribution in [1.82, 2.24) is 40.0 Å². The van der Waals surface area contributed by atoms with Crippen LogP contribution in [0.5, 0.6) is 5.75 Å². The maximum absolute atomic E-state index is 13.8. The number of piperidine rings is 2. The Morgan fingerprint density at radius 2 is 1.67 bits per heavy atom. The quantitative estimate of drug-likeness (QED) is 0.0300. The highest BCUT2D eigenvalue weighted by atomic mass is 79.9. The summed E-state index contributed by atoms with van der Waals surface area (Å²) in [7, 11) is -2.74. The highest BCUT2D eigenvalue weighted by Gasteiger charge is 2.36. The minimum Gasteiger partial charge on any atom is -0.492 e. The zero-order valence-corrected chi connectivity index (χ0v) is 42.6. The molecule has 5 heterocycles. The van der Waals surface area contributed by atoms with Gasteiger partial charge in [0.25, 0.3) is 0 Å². The van der Waals surface area contributed by atoms with Crippen molar-refractivity contribution in [3.63, 3.8) is 0 Å². The van der Waals surface area contributed by atoms with Crippen LogP contribution in [-0.2, 0) is 33.4 Å². The normalized spacial score (nSPS) is 16.9. The van der Waals surface area contributed by atoms with Gasteiger partial charge in [-0.05, 0) is 136 Å². The number of nitrogens with one attached hydrogen (secondary N) is 5. The van der Waals surface area contributed by atoms with Gasteiger partial charge in [-0.1, -0.05) is 32.0 Å². The van der Waals surface area contributed by atoms with Crippen LogP contribution < -0.4 is 47.2 Å². The standard InChI is InChI=1S/C51H63BrN11O5P/c1-6-31-28-40(58-50-55-30-37(52)48(60-50)57-39-17-16-38-36(47(39)69(4,5)67)15-12-33(7-2)56-38)44(68-8-3)29-43(31)61-26-21-34(22-27-61)54-25-24-53-23-20-32-10-9-11-41-46(32)62(35-13-14-35)51(66)63(41)42-18-19-45(64)59-49(42)65/h9-12,15-17,28-30,34-35,42,53-54H,6-8,13-14,18-27H2,1-5H3,(H,59,64,65)(H2,55,57,58,60). The Balaban J connectivity index is 0.807. The molecule has 1 unspecified atom stereocenters. The number of aromatic nitrogens is 5. The number of ether oxygens (including phenoxy) is 1. The minimum atomic E-state index is -2.74. The van der Waals surface area contributed by atoms with E-state index in [0.29, 0.717) is 41.0 Å². The van der Waals surface area contributed by atoms with E-state index in [9.17, 15) is 18.9 Å². The molecule has 1 atom stereocenters. The average Bonchev–Trinajstić information content (AvgIpc) is 4.13. The lowest BCUT2D eigenvalue weighted by Crippen LogP contribution is -2.44. The number of imidazole rings is 1. The molecule has 0 bridgehead atoms. The van der Waals surface area contributed by atoms with Gasteiger partial charge in [0.15, 0.2) is 0 Å². The van der Waals surface area contributed by atoms with Gasteiger partial charge in [0.05, 0.1) is 39.0 Å². The number of imide groups is 1. The third-order valence-electron chi connectivity index (χ3n) is 13.5. The lowest BCUT2D eigenvalue weighted by molar-refractivity contribution is -0.135. The minimum absolute atomic E-state index is 0.150. The van der Waals surface area contributed by atoms with Crippen LogP contribution in [0, 0.1) is 0 Å². The Morgan fingerprint density at radius 1 is 0.855 bits per heavy atom. The van der Waals surface area contributed by atoms with Gasteiger partial charge in [0.2, 0.25) is 17.8 Å². The summed E-state index contributed by atoms with van der Waals surface area (Å²) in [4.78, 5) is 55.3. The first kappa shape index (κ1) is 48.4. The predicted octanol–water partition coefficient (Wildman–Crippen LogP) is 7.87. The second kappa shape index (κ2) is 20.8. The van der Waals surface area contributed by atoms with E-state index in [-0.39, 0.29) is 24.1 Å². The average molecular weight is 1020 g/mol. The summed E-state index contributed by atoms with van der Waals surface area (Å²) in [5, 5.41) is 18.3. The van der Waals surface area contributed by atoms with Crippen LogP contribution in [0.2, 0.25) is 0 Å². The highest BCUT2D eigenvalue weighted by molar-refractivity contribution is 9.10. The molecule has 364 valence electrons. The number of halogens is 1. The molecule has 2 amide bonds. The third kappa shape index (κ3) is 10.5. The first-order valence-corrected chi connectivity index (χ1v) is 27.9. The van der Waals surface area contributed by atoms with Crippen molar-refractivity contribution in [2.75, 3.05) is 68.2 Å². The van der Waals surface area contributed by atoms with E-state index in [0.717, 1.165) is 128 Å². The van der Waals surface area contributed by atoms with Crippen molar-refractivity contribution in [3.8, 4) is 5.75 Å². The number of benzene rings is 3. The predicted molar refractivity (Wildman–Crippen MR) is 279 cm³/mol. The number of carbonyl (C=O) groups is 2. The molecule has 2 saturated heterocycles. The van der Waals surface area contributed by atoms with Gasteiger partial charge in [0, 0.05) is 79.0 Å². The van der Waals surface area contributed by atoms with E-state index in [1.807, 2.05) is 47.9 Å². The van der Waals surface area contributed by atoms with E-state index >= 15 is 0 Å². The highest BCUT2D eigenvalue weighted by Crippen LogP contribution is 2.43. The van der Waals surface area contributed by atoms with E-state index in [2.05, 4.69) is 84.4 Å². The number of fused-ring (bicyclic) bond motifs is 2. The molecule has 1 saturated carbocycles. The summed E-state index contributed by atoms with van der Waals surface area (Å²) >= 11 is 3.64. The van der Waals surface area contributed by atoms with Gasteiger partial charge in [-0.2, -0.15) is 4.98 Å². The summed E-state index contributed by atoms with van der Waals surface area (Å²) in [6.07, 6.45) is 8.60. The fourth-order valence-corrected chi connectivity index (χ4v) is 11.7. The van der Waals surface area contributed by atoms with E-state index in [4.69, 9.17) is 14.7 Å². The SMILES string of the molecule is CCOc1cc(N2CCC(NCCNCCc3cccc4c3n(C3CC3)c(=O)n4C3CCC(=O)NC3=O)CC2)c(CC)cc1Nc1ncc(Br)c(Nc2ccc3nc(CC)ccc3c2P(C)(C)=O)n1. The molecule has 9 rings (SSSR count). The number of hydrogen-bond acceptors (Lipinski definition) is 13. The summed E-state index contributed by atoms with van der Waals surface area (Å²) in [6.45, 7) is 14.5. The molecule has 3 aromatic carbocycles. The topological polar surface area (TPSA) is 189 Å². The summed E-state index contributed by atoms with van der Waals surface area (Å²) < 4.78 is 24.2. The Hall–Kier alpha value is -5.61. The monoisotopic (exact) mass is 1020 g/mol. The van der Waals surface area contributed by atoms with Crippen LogP contribution in [-0.4, -0.2) is 94.6 Å². The van der Waals surface area contributed by atoms with Crippen LogP contribution in [0.4, 0.5) is 28.8 Å². The fourth-order valence-electron chi connectivity index (χ4n) is 9.94. The summed E-state index contributed by atoms with van der Waals surface area (Å²) in [5.41, 5.74) is 8.28. The largest absolute Gasteiger partial charge is 0.492 e. The Bertz CT molecular complexity index is 3010. The Morgan fingerprint density at radius 3 is 2.39 bits per heavy atom. The van der Waals surface area contributed by atoms with Gasteiger partial charge in [0.1, 0.15) is 24.8 Å². The van der Waals surface area contributed by atoms with Crippen molar-refractivity contribution in [2.24, 2.45) is 0 Å². The maximum Gasteiger partial charge on any atom is 0.330 e. The lowest BCUT2D eigenvalue weighted by Gasteiger charge is -2.35. The van der Waals surface area contributed by atoms with Gasteiger partial charge in [-0.15, -0.1) is 0 Å². The van der Waals surface area contributed by atoms with Crippen LogP contribution >= 0.6 is 23.1 Å². The number of aryl methyl sites for hydroxylation is 2. The zero-order valence-electron chi connectivity index (χ0n) is 40.2. The van der Waals surface area contributed by atoms with Gasteiger partial charge < -0.3 is 35.5 Å². The molecule has 18 heteroatoms. The molecule has 5 N–H and O–H groups in total. The van der Waals surface area contributed by atoms with Crippen molar-refractivity contribution in [3.05, 3.63) is 92.6 Å². The van der Waals surface area contributed by atoms with Crippen molar-refractivity contribution < 1.29 is 18.9 Å². The first-order valence-electron chi connectivity index (χ1n) is 24.5. The van der Waals surface area contributed by atoms with Crippen LogP contribution in [0.25, 0.3) is 21.9 Å².